The Bertz CT molecular complexity index is 582. The van der Waals surface area contributed by atoms with Gasteiger partial charge < -0.3 is 14.6 Å². The lowest BCUT2D eigenvalue weighted by Gasteiger charge is -2.10. The van der Waals surface area contributed by atoms with E-state index in [1.807, 2.05) is 0 Å². The first-order valence-corrected chi connectivity index (χ1v) is 8.16. The quantitative estimate of drug-likeness (QED) is 0.876. The van der Waals surface area contributed by atoms with Crippen molar-refractivity contribution < 1.29 is 4.74 Å². The van der Waals surface area contributed by atoms with E-state index in [2.05, 4.69) is 54.2 Å². The van der Waals surface area contributed by atoms with Gasteiger partial charge in [-0.15, -0.1) is 0 Å². The van der Waals surface area contributed by atoms with Crippen molar-refractivity contribution in [1.29, 1.82) is 0 Å². The third-order valence-corrected chi connectivity index (χ3v) is 4.29. The number of hydrogen-bond acceptors (Lipinski definition) is 2. The summed E-state index contributed by atoms with van der Waals surface area (Å²) in [6.07, 6.45) is 6.34. The summed E-state index contributed by atoms with van der Waals surface area (Å²) in [5.41, 5.74) is 2.74. The molecule has 1 fully saturated rings. The van der Waals surface area contributed by atoms with Crippen LogP contribution >= 0.6 is 0 Å². The molecule has 0 radical (unpaired) electrons. The van der Waals surface area contributed by atoms with Crippen molar-refractivity contribution in [3.05, 3.63) is 36.0 Å². The van der Waals surface area contributed by atoms with Crippen LogP contribution in [0.1, 0.15) is 38.7 Å². The van der Waals surface area contributed by atoms with E-state index in [-0.39, 0.29) is 0 Å². The van der Waals surface area contributed by atoms with Crippen LogP contribution in [0, 0.1) is 0 Å². The summed E-state index contributed by atoms with van der Waals surface area (Å²) < 4.78 is 8.14. The molecule has 1 saturated heterocycles. The zero-order valence-corrected chi connectivity index (χ0v) is 13.1. The molecular formula is C18H26N2O. The molecule has 0 aliphatic carbocycles. The molecular weight excluding hydrogens is 260 g/mol. The summed E-state index contributed by atoms with van der Waals surface area (Å²) in [5, 5.41) is 4.90. The second kappa shape index (κ2) is 6.63. The Morgan fingerprint density at radius 3 is 2.95 bits per heavy atom. The Balaban J connectivity index is 1.77. The van der Waals surface area contributed by atoms with E-state index in [9.17, 15) is 0 Å². The van der Waals surface area contributed by atoms with E-state index in [4.69, 9.17) is 4.74 Å². The summed E-state index contributed by atoms with van der Waals surface area (Å²) in [6, 6.07) is 9.23. The lowest BCUT2D eigenvalue weighted by Crippen LogP contribution is -2.21. The first-order valence-electron chi connectivity index (χ1n) is 8.16. The molecule has 0 spiro atoms. The van der Waals surface area contributed by atoms with Crippen LogP contribution in [0.15, 0.2) is 30.5 Å². The van der Waals surface area contributed by atoms with Gasteiger partial charge in [0.05, 0.1) is 6.10 Å². The molecule has 0 bridgehead atoms. The predicted octanol–water partition coefficient (Wildman–Crippen LogP) is 3.71. The zero-order valence-electron chi connectivity index (χ0n) is 13.1. The number of nitrogens with zero attached hydrogens (tertiary/aromatic N) is 1. The molecule has 114 valence electrons. The van der Waals surface area contributed by atoms with Gasteiger partial charge >= 0.3 is 0 Å². The normalized spacial score (nSPS) is 18.9. The number of nitrogens with one attached hydrogen (secondary N) is 1. The highest BCUT2D eigenvalue weighted by Gasteiger charge is 2.16. The highest BCUT2D eigenvalue weighted by atomic mass is 16.5. The van der Waals surface area contributed by atoms with E-state index in [1.54, 1.807) is 0 Å². The molecule has 1 N–H and O–H groups in total. The molecule has 3 nitrogen and oxygen atoms in total. The third kappa shape index (κ3) is 3.47. The Morgan fingerprint density at radius 2 is 2.19 bits per heavy atom. The van der Waals surface area contributed by atoms with Crippen molar-refractivity contribution >= 4 is 10.9 Å². The van der Waals surface area contributed by atoms with Gasteiger partial charge in [-0.1, -0.05) is 32.0 Å². The highest BCUT2D eigenvalue weighted by Crippen LogP contribution is 2.23. The molecule has 1 aromatic carbocycles. The minimum Gasteiger partial charge on any atom is -0.378 e. The summed E-state index contributed by atoms with van der Waals surface area (Å²) in [7, 11) is 0. The summed E-state index contributed by atoms with van der Waals surface area (Å²) >= 11 is 0. The predicted molar refractivity (Wildman–Crippen MR) is 87.5 cm³/mol. The lowest BCUT2D eigenvalue weighted by atomic mass is 10.1. The van der Waals surface area contributed by atoms with Gasteiger partial charge in [0.1, 0.15) is 0 Å². The highest BCUT2D eigenvalue weighted by molar-refractivity contribution is 5.83. The van der Waals surface area contributed by atoms with Gasteiger partial charge in [0.15, 0.2) is 0 Å². The van der Waals surface area contributed by atoms with Crippen LogP contribution in [0.25, 0.3) is 10.9 Å². The molecule has 0 amide bonds. The maximum atomic E-state index is 5.75. The number of aryl methyl sites for hydroxylation is 1. The number of hydrogen-bond donors (Lipinski definition) is 1. The van der Waals surface area contributed by atoms with Gasteiger partial charge in [-0.25, -0.2) is 0 Å². The molecule has 1 aromatic heterocycles. The monoisotopic (exact) mass is 286 g/mol. The topological polar surface area (TPSA) is 26.2 Å². The van der Waals surface area contributed by atoms with E-state index < -0.39 is 0 Å². The van der Waals surface area contributed by atoms with Gasteiger partial charge in [0.25, 0.3) is 0 Å². The molecule has 21 heavy (non-hydrogen) atoms. The van der Waals surface area contributed by atoms with Crippen LogP contribution in [0.4, 0.5) is 0 Å². The number of aromatic nitrogens is 1. The molecule has 2 heterocycles. The molecule has 1 aliphatic rings. The Morgan fingerprint density at radius 1 is 1.33 bits per heavy atom. The average Bonchev–Trinajstić information content (AvgIpc) is 3.11. The van der Waals surface area contributed by atoms with E-state index >= 15 is 0 Å². The first kappa shape index (κ1) is 14.6. The number of benzene rings is 1. The Hall–Kier alpha value is -1.32. The first-order chi connectivity index (χ1) is 10.2. The van der Waals surface area contributed by atoms with Gasteiger partial charge in [-0.2, -0.15) is 0 Å². The lowest BCUT2D eigenvalue weighted by molar-refractivity contribution is 0.101. The number of fused-ring (bicyclic) bond motifs is 1. The van der Waals surface area contributed by atoms with Crippen molar-refractivity contribution in [1.82, 2.24) is 9.88 Å². The molecule has 2 aromatic rings. The fourth-order valence-electron chi connectivity index (χ4n) is 3.12. The van der Waals surface area contributed by atoms with Crippen molar-refractivity contribution in [2.45, 2.75) is 58.3 Å². The SMILES string of the molecule is CC(C)NCc1cn(CCC2CCCO2)c2ccccc12. The van der Waals surface area contributed by atoms with Gasteiger partial charge in [0.2, 0.25) is 0 Å². The molecule has 3 rings (SSSR count). The van der Waals surface area contributed by atoms with Crippen LogP contribution in [0.3, 0.4) is 0 Å². The van der Waals surface area contributed by atoms with Gasteiger partial charge in [-0.05, 0) is 30.9 Å². The third-order valence-electron chi connectivity index (χ3n) is 4.29. The van der Waals surface area contributed by atoms with Crippen molar-refractivity contribution in [2.75, 3.05) is 6.61 Å². The van der Waals surface area contributed by atoms with Crippen molar-refractivity contribution in [2.24, 2.45) is 0 Å². The Labute approximate surface area is 127 Å². The molecule has 0 saturated carbocycles. The van der Waals surface area contributed by atoms with Crippen LogP contribution < -0.4 is 5.32 Å². The summed E-state index contributed by atoms with van der Waals surface area (Å²) in [5.74, 6) is 0. The fourth-order valence-corrected chi connectivity index (χ4v) is 3.12. The average molecular weight is 286 g/mol. The van der Waals surface area contributed by atoms with Crippen LogP contribution in [0.5, 0.6) is 0 Å². The van der Waals surface area contributed by atoms with Crippen molar-refractivity contribution in [3.63, 3.8) is 0 Å². The summed E-state index contributed by atoms with van der Waals surface area (Å²) in [4.78, 5) is 0. The molecule has 1 unspecified atom stereocenters. The maximum absolute atomic E-state index is 5.75. The molecule has 1 atom stereocenters. The standard InChI is InChI=1S/C18H26N2O/c1-14(2)19-12-15-13-20(10-9-16-6-5-11-21-16)18-8-4-3-7-17(15)18/h3-4,7-8,13-14,16,19H,5-6,9-12H2,1-2H3. The van der Waals surface area contributed by atoms with E-state index in [0.717, 1.165) is 26.1 Å². The largest absolute Gasteiger partial charge is 0.378 e. The molecule has 3 heteroatoms. The Kier molecular flexibility index (Phi) is 4.61. The van der Waals surface area contributed by atoms with Crippen LogP contribution in [0.2, 0.25) is 0 Å². The zero-order chi connectivity index (χ0) is 14.7. The smallest absolute Gasteiger partial charge is 0.0593 e. The van der Waals surface area contributed by atoms with E-state index in [0.29, 0.717) is 12.1 Å². The minimum absolute atomic E-state index is 0.461. The maximum Gasteiger partial charge on any atom is 0.0593 e. The van der Waals surface area contributed by atoms with Gasteiger partial charge in [0, 0.05) is 42.8 Å². The minimum atomic E-state index is 0.461. The van der Waals surface area contributed by atoms with Crippen LogP contribution in [-0.2, 0) is 17.8 Å². The number of ether oxygens (including phenoxy) is 1. The van der Waals surface area contributed by atoms with Gasteiger partial charge in [-0.3, -0.25) is 0 Å². The van der Waals surface area contributed by atoms with E-state index in [1.165, 1.54) is 29.3 Å². The number of para-hydroxylation sites is 1. The molecule has 1 aliphatic heterocycles. The fraction of sp³-hybridized carbons (Fsp3) is 0.556. The second-order valence-electron chi connectivity index (χ2n) is 6.32. The number of rotatable bonds is 6. The van der Waals surface area contributed by atoms with Crippen LogP contribution in [-0.4, -0.2) is 23.3 Å². The second-order valence-corrected chi connectivity index (χ2v) is 6.32. The van der Waals surface area contributed by atoms with Crippen molar-refractivity contribution in [3.8, 4) is 0 Å². The summed E-state index contributed by atoms with van der Waals surface area (Å²) in [6.45, 7) is 7.31.